The van der Waals surface area contributed by atoms with Gasteiger partial charge in [0.25, 0.3) is 5.91 Å². The van der Waals surface area contributed by atoms with Gasteiger partial charge in [-0.1, -0.05) is 26.0 Å². The van der Waals surface area contributed by atoms with Gasteiger partial charge in [0.1, 0.15) is 11.5 Å². The molecule has 3 rings (SSSR count). The van der Waals surface area contributed by atoms with E-state index in [1.165, 1.54) is 0 Å². The summed E-state index contributed by atoms with van der Waals surface area (Å²) in [5.41, 5.74) is 3.56. The average molecular weight is 325 g/mol. The molecule has 0 aliphatic rings. The Morgan fingerprint density at radius 1 is 1.33 bits per heavy atom. The number of para-hydroxylation sites is 2. The Balaban J connectivity index is 1.52. The number of H-pyrrole nitrogens is 1. The fraction of sp³-hybridized carbons (Fsp3) is 0.389. The molecule has 0 fully saturated rings. The van der Waals surface area contributed by atoms with Crippen LogP contribution < -0.4 is 5.32 Å². The summed E-state index contributed by atoms with van der Waals surface area (Å²) < 4.78 is 2.11. The van der Waals surface area contributed by atoms with Crippen LogP contribution in [0.15, 0.2) is 30.3 Å². The van der Waals surface area contributed by atoms with Crippen LogP contribution >= 0.6 is 0 Å². The minimum Gasteiger partial charge on any atom is -0.351 e. The lowest BCUT2D eigenvalue weighted by Gasteiger charge is -2.04. The maximum Gasteiger partial charge on any atom is 0.271 e. The molecule has 1 aromatic carbocycles. The predicted molar refractivity (Wildman–Crippen MR) is 94.0 cm³/mol. The molecule has 2 aromatic heterocycles. The largest absolute Gasteiger partial charge is 0.351 e. The molecule has 0 spiro atoms. The second kappa shape index (κ2) is 6.86. The number of carbonyl (C=O) groups excluding carboxylic acids is 1. The molecule has 0 saturated heterocycles. The van der Waals surface area contributed by atoms with E-state index in [4.69, 9.17) is 0 Å². The Bertz CT molecular complexity index is 846. The number of nitrogens with zero attached hydrogens (tertiary/aromatic N) is 3. The molecule has 0 saturated carbocycles. The van der Waals surface area contributed by atoms with Crippen LogP contribution in [-0.4, -0.2) is 32.2 Å². The molecule has 0 unspecified atom stereocenters. The molecule has 6 heteroatoms. The number of aromatic nitrogens is 4. The van der Waals surface area contributed by atoms with Crippen LogP contribution in [0.2, 0.25) is 0 Å². The number of hydrogen-bond acceptors (Lipinski definition) is 3. The Morgan fingerprint density at radius 3 is 2.83 bits per heavy atom. The third kappa shape index (κ3) is 3.32. The maximum absolute atomic E-state index is 12.1. The number of hydrogen-bond donors (Lipinski definition) is 2. The van der Waals surface area contributed by atoms with Gasteiger partial charge in [-0.25, -0.2) is 4.98 Å². The molecule has 2 N–H and O–H groups in total. The molecular formula is C18H23N5O. The van der Waals surface area contributed by atoms with E-state index in [1.54, 1.807) is 0 Å². The van der Waals surface area contributed by atoms with E-state index in [1.807, 2.05) is 31.3 Å². The minimum absolute atomic E-state index is 0.136. The maximum atomic E-state index is 12.1. The number of imidazole rings is 1. The third-order valence-electron chi connectivity index (χ3n) is 4.19. The fourth-order valence-corrected chi connectivity index (χ4v) is 2.71. The van der Waals surface area contributed by atoms with Crippen molar-refractivity contribution in [2.75, 3.05) is 6.54 Å². The summed E-state index contributed by atoms with van der Waals surface area (Å²) in [6, 6.07) is 9.91. The van der Waals surface area contributed by atoms with Crippen molar-refractivity contribution in [3.8, 4) is 0 Å². The van der Waals surface area contributed by atoms with Crippen molar-refractivity contribution in [1.29, 1.82) is 0 Å². The number of fused-ring (bicyclic) bond motifs is 1. The smallest absolute Gasteiger partial charge is 0.271 e. The molecule has 0 atom stereocenters. The summed E-state index contributed by atoms with van der Waals surface area (Å²) in [6.45, 7) is 4.73. The van der Waals surface area contributed by atoms with E-state index in [9.17, 15) is 4.79 Å². The van der Waals surface area contributed by atoms with Crippen LogP contribution in [-0.2, 0) is 13.5 Å². The van der Waals surface area contributed by atoms with Gasteiger partial charge in [0.05, 0.1) is 11.0 Å². The van der Waals surface area contributed by atoms with Gasteiger partial charge in [-0.05, 0) is 30.5 Å². The van der Waals surface area contributed by atoms with Crippen LogP contribution in [0.5, 0.6) is 0 Å². The summed E-state index contributed by atoms with van der Waals surface area (Å²) >= 11 is 0. The van der Waals surface area contributed by atoms with E-state index >= 15 is 0 Å². The highest BCUT2D eigenvalue weighted by atomic mass is 16.1. The Kier molecular flexibility index (Phi) is 4.64. The predicted octanol–water partition coefficient (Wildman–Crippen LogP) is 2.78. The van der Waals surface area contributed by atoms with Crippen molar-refractivity contribution < 1.29 is 4.79 Å². The first-order valence-corrected chi connectivity index (χ1v) is 8.30. The summed E-state index contributed by atoms with van der Waals surface area (Å²) in [4.78, 5) is 16.7. The first kappa shape index (κ1) is 16.2. The first-order valence-electron chi connectivity index (χ1n) is 8.30. The van der Waals surface area contributed by atoms with Crippen LogP contribution in [0, 0.1) is 0 Å². The Labute approximate surface area is 141 Å². The van der Waals surface area contributed by atoms with E-state index in [-0.39, 0.29) is 5.91 Å². The zero-order valence-electron chi connectivity index (χ0n) is 14.3. The van der Waals surface area contributed by atoms with Gasteiger partial charge < -0.3 is 9.88 Å². The molecule has 0 aliphatic carbocycles. The van der Waals surface area contributed by atoms with E-state index in [0.29, 0.717) is 18.2 Å². The topological polar surface area (TPSA) is 75.6 Å². The monoisotopic (exact) mass is 325 g/mol. The van der Waals surface area contributed by atoms with Crippen molar-refractivity contribution in [2.24, 2.45) is 7.05 Å². The highest BCUT2D eigenvalue weighted by molar-refractivity contribution is 5.92. The second-order valence-corrected chi connectivity index (χ2v) is 6.30. The molecule has 126 valence electrons. The normalized spacial score (nSPS) is 11.3. The average Bonchev–Trinajstić information content (AvgIpc) is 3.18. The molecule has 6 nitrogen and oxygen atoms in total. The summed E-state index contributed by atoms with van der Waals surface area (Å²) in [5.74, 6) is 1.23. The zero-order chi connectivity index (χ0) is 17.1. The van der Waals surface area contributed by atoms with Gasteiger partial charge in [0.2, 0.25) is 0 Å². The van der Waals surface area contributed by atoms with Gasteiger partial charge in [0, 0.05) is 25.7 Å². The number of rotatable bonds is 6. The van der Waals surface area contributed by atoms with Crippen molar-refractivity contribution in [3.63, 3.8) is 0 Å². The molecule has 24 heavy (non-hydrogen) atoms. The lowest BCUT2D eigenvalue weighted by molar-refractivity contribution is 0.0948. The highest BCUT2D eigenvalue weighted by Crippen LogP contribution is 2.15. The third-order valence-corrected chi connectivity index (χ3v) is 4.19. The molecule has 2 heterocycles. The number of nitrogens with one attached hydrogen (secondary N) is 2. The van der Waals surface area contributed by atoms with Crippen molar-refractivity contribution >= 4 is 16.9 Å². The van der Waals surface area contributed by atoms with Gasteiger partial charge in [0.15, 0.2) is 0 Å². The number of amides is 1. The number of benzene rings is 1. The van der Waals surface area contributed by atoms with Gasteiger partial charge in [-0.15, -0.1) is 0 Å². The second-order valence-electron chi connectivity index (χ2n) is 6.30. The standard InChI is InChI=1S/C18H23N5O/c1-12(2)14-11-15(22-21-14)18(24)19-10-6-9-17-20-13-7-4-5-8-16(13)23(17)3/h4-5,7-8,11-12H,6,9-10H2,1-3H3,(H,19,24)(H,21,22). The van der Waals surface area contributed by atoms with Gasteiger partial charge in [-0.2, -0.15) is 5.10 Å². The molecule has 3 aromatic rings. The Hall–Kier alpha value is -2.63. The van der Waals surface area contributed by atoms with Gasteiger partial charge >= 0.3 is 0 Å². The van der Waals surface area contributed by atoms with E-state index in [0.717, 1.165) is 35.4 Å². The highest BCUT2D eigenvalue weighted by Gasteiger charge is 2.12. The molecule has 0 radical (unpaired) electrons. The van der Waals surface area contributed by atoms with E-state index in [2.05, 4.69) is 45.0 Å². The summed E-state index contributed by atoms with van der Waals surface area (Å²) in [7, 11) is 2.03. The van der Waals surface area contributed by atoms with Crippen molar-refractivity contribution in [2.45, 2.75) is 32.6 Å². The zero-order valence-corrected chi connectivity index (χ0v) is 14.3. The van der Waals surface area contributed by atoms with Crippen LogP contribution in [0.3, 0.4) is 0 Å². The lowest BCUT2D eigenvalue weighted by atomic mass is 10.1. The minimum atomic E-state index is -0.136. The quantitative estimate of drug-likeness (QED) is 0.684. The number of carbonyl (C=O) groups is 1. The van der Waals surface area contributed by atoms with Crippen molar-refractivity contribution in [1.82, 2.24) is 25.1 Å². The molecule has 0 bridgehead atoms. The fourth-order valence-electron chi connectivity index (χ4n) is 2.71. The summed E-state index contributed by atoms with van der Waals surface area (Å²) in [6.07, 6.45) is 1.66. The molecule has 1 amide bonds. The molecule has 0 aliphatic heterocycles. The Morgan fingerprint density at radius 2 is 2.12 bits per heavy atom. The van der Waals surface area contributed by atoms with Crippen LogP contribution in [0.1, 0.15) is 48.2 Å². The molecular weight excluding hydrogens is 302 g/mol. The number of aryl methyl sites for hydroxylation is 2. The van der Waals surface area contributed by atoms with E-state index < -0.39 is 0 Å². The lowest BCUT2D eigenvalue weighted by Crippen LogP contribution is -2.25. The van der Waals surface area contributed by atoms with Crippen LogP contribution in [0.25, 0.3) is 11.0 Å². The SMILES string of the molecule is CC(C)c1cc(C(=O)NCCCc2nc3ccccc3n2C)n[nH]1. The van der Waals surface area contributed by atoms with Crippen LogP contribution in [0.4, 0.5) is 0 Å². The number of aromatic amines is 1. The van der Waals surface area contributed by atoms with Crippen molar-refractivity contribution in [3.05, 3.63) is 47.5 Å². The van der Waals surface area contributed by atoms with Gasteiger partial charge in [-0.3, -0.25) is 9.89 Å². The first-order chi connectivity index (χ1) is 11.6. The summed E-state index contributed by atoms with van der Waals surface area (Å²) in [5, 5.41) is 9.88.